The van der Waals surface area contributed by atoms with Crippen molar-refractivity contribution in [3.8, 4) is 5.75 Å². The van der Waals surface area contributed by atoms with Gasteiger partial charge in [-0.05, 0) is 24.5 Å². The Hall–Kier alpha value is -3.35. The van der Waals surface area contributed by atoms with E-state index in [0.717, 1.165) is 11.1 Å². The molecule has 154 valence electrons. The summed E-state index contributed by atoms with van der Waals surface area (Å²) < 4.78 is 5.32. The summed E-state index contributed by atoms with van der Waals surface area (Å²) in [6.45, 7) is 1.94. The molecule has 0 bridgehead atoms. The van der Waals surface area contributed by atoms with E-state index >= 15 is 0 Å². The molecule has 0 aromatic heterocycles. The molecule has 2 atom stereocenters. The number of aryl methyl sites for hydroxylation is 1. The van der Waals surface area contributed by atoms with Crippen LogP contribution in [-0.2, 0) is 22.6 Å². The van der Waals surface area contributed by atoms with Crippen molar-refractivity contribution in [3.63, 3.8) is 0 Å². The molecule has 2 aromatic rings. The minimum atomic E-state index is -0.558. The number of ether oxygens (including phenoxy) is 1. The molecule has 2 amide bonds. The maximum atomic E-state index is 12.6. The molecule has 2 rings (SSSR count). The molecule has 0 fully saturated rings. The average Bonchev–Trinajstić information content (AvgIpc) is 2.72. The van der Waals surface area contributed by atoms with E-state index < -0.39 is 17.7 Å². The van der Waals surface area contributed by atoms with Gasteiger partial charge >= 0.3 is 0 Å². The summed E-state index contributed by atoms with van der Waals surface area (Å²) in [5.74, 6) is -1.38. The molecule has 7 nitrogen and oxygen atoms in total. The second-order valence-corrected chi connectivity index (χ2v) is 6.98. The molecular formula is C22H28N4O3. The van der Waals surface area contributed by atoms with Crippen LogP contribution in [0.15, 0.2) is 48.5 Å². The first kappa shape index (κ1) is 21.9. The van der Waals surface area contributed by atoms with E-state index in [1.54, 1.807) is 25.1 Å². The molecule has 29 heavy (non-hydrogen) atoms. The fourth-order valence-corrected chi connectivity index (χ4v) is 3.19. The van der Waals surface area contributed by atoms with Gasteiger partial charge in [-0.2, -0.15) is 0 Å². The first-order chi connectivity index (χ1) is 13.8. The highest BCUT2D eigenvalue weighted by Crippen LogP contribution is 2.22. The van der Waals surface area contributed by atoms with E-state index in [4.69, 9.17) is 21.6 Å². The number of amides is 2. The fraction of sp³-hybridized carbons (Fsp3) is 0.318. The Kier molecular flexibility index (Phi) is 7.77. The fourth-order valence-electron chi connectivity index (χ4n) is 3.19. The summed E-state index contributed by atoms with van der Waals surface area (Å²) in [6.07, 6.45) is 1.18. The van der Waals surface area contributed by atoms with Gasteiger partial charge < -0.3 is 21.5 Å². The number of carbonyl (C=O) groups is 2. The van der Waals surface area contributed by atoms with Crippen LogP contribution in [0.5, 0.6) is 5.75 Å². The Balaban J connectivity index is 2.00. The van der Waals surface area contributed by atoms with Crippen LogP contribution < -0.4 is 21.5 Å². The Bertz CT molecular complexity index is 868. The van der Waals surface area contributed by atoms with E-state index in [9.17, 15) is 9.59 Å². The summed E-state index contributed by atoms with van der Waals surface area (Å²) in [6, 6.07) is 14.9. The lowest BCUT2D eigenvalue weighted by molar-refractivity contribution is -0.133. The summed E-state index contributed by atoms with van der Waals surface area (Å²) in [7, 11) is 1.51. The first-order valence-electron chi connectivity index (χ1n) is 9.45. The van der Waals surface area contributed by atoms with Gasteiger partial charge in [0.25, 0.3) is 0 Å². The van der Waals surface area contributed by atoms with Crippen LogP contribution in [0.3, 0.4) is 0 Å². The smallest absolute Gasteiger partial charge is 0.223 e. The van der Waals surface area contributed by atoms with Gasteiger partial charge in [0, 0.05) is 29.5 Å². The van der Waals surface area contributed by atoms with E-state index in [1.165, 1.54) is 7.11 Å². The van der Waals surface area contributed by atoms with Crippen molar-refractivity contribution in [1.82, 2.24) is 5.32 Å². The molecule has 0 radical (unpaired) electrons. The maximum Gasteiger partial charge on any atom is 0.223 e. The SMILES string of the molecule is COc1cc(C(=N)N)ccc1CNC(=O)[C@@H](C)C(CCc1ccccc1)C(N)=O. The van der Waals surface area contributed by atoms with Gasteiger partial charge in [0.1, 0.15) is 11.6 Å². The number of nitrogen functional groups attached to an aromatic ring is 1. The normalized spacial score (nSPS) is 12.6. The average molecular weight is 396 g/mol. The number of methoxy groups -OCH3 is 1. The molecule has 0 aliphatic rings. The summed E-state index contributed by atoms with van der Waals surface area (Å²) in [5, 5.41) is 10.3. The minimum absolute atomic E-state index is 0.0600. The molecule has 0 spiro atoms. The van der Waals surface area contributed by atoms with E-state index in [2.05, 4.69) is 5.32 Å². The van der Waals surface area contributed by atoms with E-state index in [-0.39, 0.29) is 18.3 Å². The van der Waals surface area contributed by atoms with Gasteiger partial charge in [-0.15, -0.1) is 0 Å². The minimum Gasteiger partial charge on any atom is -0.496 e. The molecule has 1 unspecified atom stereocenters. The van der Waals surface area contributed by atoms with E-state index in [1.807, 2.05) is 30.3 Å². The maximum absolute atomic E-state index is 12.6. The van der Waals surface area contributed by atoms with E-state index in [0.29, 0.717) is 24.2 Å². The monoisotopic (exact) mass is 396 g/mol. The molecule has 6 N–H and O–H groups in total. The lowest BCUT2D eigenvalue weighted by atomic mass is 9.87. The number of benzene rings is 2. The number of hydrogen-bond donors (Lipinski definition) is 4. The van der Waals surface area contributed by atoms with Crippen LogP contribution in [0, 0.1) is 17.2 Å². The van der Waals surface area contributed by atoms with Crippen LogP contribution in [0.25, 0.3) is 0 Å². The Morgan fingerprint density at radius 1 is 1.14 bits per heavy atom. The zero-order chi connectivity index (χ0) is 21.4. The van der Waals surface area contributed by atoms with Crippen LogP contribution in [0.2, 0.25) is 0 Å². The Morgan fingerprint density at radius 2 is 1.83 bits per heavy atom. The third-order valence-electron chi connectivity index (χ3n) is 5.02. The quantitative estimate of drug-likeness (QED) is 0.361. The predicted octanol–water partition coefficient (Wildman–Crippen LogP) is 1.97. The van der Waals surface area contributed by atoms with Crippen molar-refractivity contribution < 1.29 is 14.3 Å². The number of primary amides is 1. The lowest BCUT2D eigenvalue weighted by Crippen LogP contribution is -2.39. The third kappa shape index (κ3) is 6.07. The number of amidine groups is 1. The zero-order valence-corrected chi connectivity index (χ0v) is 16.8. The number of nitrogens with one attached hydrogen (secondary N) is 2. The molecule has 0 saturated carbocycles. The highest BCUT2D eigenvalue weighted by atomic mass is 16.5. The number of nitrogens with two attached hydrogens (primary N) is 2. The second kappa shape index (κ2) is 10.3. The molecule has 0 heterocycles. The Labute approximate surface area is 170 Å². The van der Waals surface area contributed by atoms with Crippen molar-refractivity contribution in [2.45, 2.75) is 26.3 Å². The van der Waals surface area contributed by atoms with Gasteiger partial charge in [0.05, 0.1) is 7.11 Å². The highest BCUT2D eigenvalue weighted by molar-refractivity contribution is 5.95. The summed E-state index contributed by atoms with van der Waals surface area (Å²) in [4.78, 5) is 24.6. The van der Waals surface area contributed by atoms with Gasteiger partial charge in [-0.25, -0.2) is 0 Å². The lowest BCUT2D eigenvalue weighted by Gasteiger charge is -2.21. The van der Waals surface area contributed by atoms with Crippen molar-refractivity contribution in [3.05, 3.63) is 65.2 Å². The first-order valence-corrected chi connectivity index (χ1v) is 9.45. The number of carbonyl (C=O) groups excluding carboxylic acids is 2. The van der Waals surface area contributed by atoms with Gasteiger partial charge in [0.15, 0.2) is 0 Å². The zero-order valence-electron chi connectivity index (χ0n) is 16.8. The van der Waals surface area contributed by atoms with Gasteiger partial charge in [-0.3, -0.25) is 15.0 Å². The van der Waals surface area contributed by atoms with Crippen LogP contribution in [-0.4, -0.2) is 24.8 Å². The van der Waals surface area contributed by atoms with Crippen molar-refractivity contribution in [2.75, 3.05) is 7.11 Å². The van der Waals surface area contributed by atoms with Crippen molar-refractivity contribution >= 4 is 17.6 Å². The van der Waals surface area contributed by atoms with Gasteiger partial charge in [0.2, 0.25) is 11.8 Å². The van der Waals surface area contributed by atoms with Crippen molar-refractivity contribution in [2.24, 2.45) is 23.3 Å². The molecule has 0 saturated heterocycles. The van der Waals surface area contributed by atoms with Gasteiger partial charge in [-0.1, -0.05) is 49.4 Å². The predicted molar refractivity (Wildman–Crippen MR) is 112 cm³/mol. The standard InChI is InChI=1S/C22H28N4O3/c1-14(18(21(25)27)11-8-15-6-4-3-5-7-15)22(28)26-13-17-10-9-16(20(23)24)12-19(17)29-2/h3-7,9-10,12,14,18H,8,11,13H2,1-2H3,(H3,23,24)(H2,25,27)(H,26,28)/t14-,18?/m0/s1. The second-order valence-electron chi connectivity index (χ2n) is 6.98. The molecule has 0 aliphatic carbocycles. The van der Waals surface area contributed by atoms with Crippen molar-refractivity contribution in [1.29, 1.82) is 5.41 Å². The molecule has 0 aliphatic heterocycles. The number of rotatable bonds is 10. The number of hydrogen-bond acceptors (Lipinski definition) is 4. The van der Waals surface area contributed by atoms with Crippen LogP contribution in [0.4, 0.5) is 0 Å². The van der Waals surface area contributed by atoms with Crippen LogP contribution in [0.1, 0.15) is 30.0 Å². The largest absolute Gasteiger partial charge is 0.496 e. The summed E-state index contributed by atoms with van der Waals surface area (Å²) >= 11 is 0. The highest BCUT2D eigenvalue weighted by Gasteiger charge is 2.28. The molecule has 2 aromatic carbocycles. The Morgan fingerprint density at radius 3 is 2.41 bits per heavy atom. The third-order valence-corrected chi connectivity index (χ3v) is 5.02. The topological polar surface area (TPSA) is 131 Å². The van der Waals surface area contributed by atoms with Crippen LogP contribution >= 0.6 is 0 Å². The summed E-state index contributed by atoms with van der Waals surface area (Å²) in [5.41, 5.74) is 13.5. The molecular weight excluding hydrogens is 368 g/mol. The molecule has 7 heteroatoms.